The summed E-state index contributed by atoms with van der Waals surface area (Å²) in [5, 5.41) is 0. The van der Waals surface area contributed by atoms with Gasteiger partial charge < -0.3 is 20.8 Å². The second kappa shape index (κ2) is 7.04. The van der Waals surface area contributed by atoms with E-state index in [1.807, 2.05) is 6.92 Å². The van der Waals surface area contributed by atoms with E-state index in [9.17, 15) is 9.18 Å². The number of nitrogens with zero attached hydrogens (tertiary/aromatic N) is 3. The standard InChI is InChI=1S/C21H27FN6O2/c1-12-17(23)21(11-30-12)6-8-28(9-7-21)20-24-18-15(19(29)27(20)2)16(25-26-18)13-4-3-5-14(22)10-13/h3-5,10,12,16-17,25-26H,6-9,11,23H2,1-2H3/t12-,16?,17+/m0/s1. The van der Waals surface area contributed by atoms with Crippen LogP contribution in [0, 0.1) is 11.2 Å². The summed E-state index contributed by atoms with van der Waals surface area (Å²) in [6.45, 7) is 4.26. The monoisotopic (exact) mass is 414 g/mol. The van der Waals surface area contributed by atoms with Gasteiger partial charge in [-0.2, -0.15) is 4.98 Å². The number of benzene rings is 1. The molecule has 9 heteroatoms. The van der Waals surface area contributed by atoms with Crippen LogP contribution in [0.5, 0.6) is 0 Å². The summed E-state index contributed by atoms with van der Waals surface area (Å²) in [4.78, 5) is 20.1. The van der Waals surface area contributed by atoms with Crippen LogP contribution in [0.2, 0.25) is 0 Å². The second-order valence-corrected chi connectivity index (χ2v) is 8.69. The summed E-state index contributed by atoms with van der Waals surface area (Å²) in [6, 6.07) is 5.84. The fourth-order valence-electron chi connectivity index (χ4n) is 5.02. The number of halogens is 1. The van der Waals surface area contributed by atoms with Gasteiger partial charge in [0.1, 0.15) is 5.82 Å². The molecule has 4 heterocycles. The molecule has 2 aromatic rings. The van der Waals surface area contributed by atoms with Crippen LogP contribution in [0.1, 0.15) is 36.9 Å². The molecular weight excluding hydrogens is 387 g/mol. The molecule has 8 nitrogen and oxygen atoms in total. The van der Waals surface area contributed by atoms with Gasteiger partial charge >= 0.3 is 0 Å². The van der Waals surface area contributed by atoms with Crippen molar-refractivity contribution in [3.8, 4) is 0 Å². The Bertz CT molecular complexity index is 1030. The summed E-state index contributed by atoms with van der Waals surface area (Å²) in [6.07, 6.45) is 1.89. The number of hydrazine groups is 1. The van der Waals surface area contributed by atoms with Crippen LogP contribution in [0.3, 0.4) is 0 Å². The number of aromatic nitrogens is 2. The molecular formula is C21H27FN6O2. The minimum atomic E-state index is -0.448. The Hall–Kier alpha value is -2.49. The molecule has 2 fully saturated rings. The molecule has 0 bridgehead atoms. The molecule has 5 rings (SSSR count). The largest absolute Gasteiger partial charge is 0.376 e. The van der Waals surface area contributed by atoms with Crippen molar-refractivity contribution < 1.29 is 9.13 Å². The SMILES string of the molecule is C[C@@H]1OCC2(CCN(c3nc4c(c(=O)n3C)C(c3cccc(F)c3)NN4)CC2)[C@@H]1N. The Balaban J connectivity index is 1.43. The molecule has 1 unspecified atom stereocenters. The van der Waals surface area contributed by atoms with Crippen molar-refractivity contribution >= 4 is 11.8 Å². The van der Waals surface area contributed by atoms with Crippen molar-refractivity contribution in [1.29, 1.82) is 0 Å². The highest BCUT2D eigenvalue weighted by Crippen LogP contribution is 2.42. The Kier molecular flexibility index (Phi) is 4.57. The van der Waals surface area contributed by atoms with Crippen LogP contribution in [0.25, 0.3) is 0 Å². The maximum atomic E-state index is 13.7. The van der Waals surface area contributed by atoms with Crippen LogP contribution < -0.4 is 27.0 Å². The van der Waals surface area contributed by atoms with Gasteiger partial charge in [0.25, 0.3) is 5.56 Å². The average molecular weight is 414 g/mol. The lowest BCUT2D eigenvalue weighted by molar-refractivity contribution is 0.0973. The van der Waals surface area contributed by atoms with E-state index in [4.69, 9.17) is 15.5 Å². The number of rotatable bonds is 2. The molecule has 160 valence electrons. The van der Waals surface area contributed by atoms with Crippen LogP contribution >= 0.6 is 0 Å². The molecule has 3 aliphatic rings. The van der Waals surface area contributed by atoms with E-state index in [2.05, 4.69) is 15.8 Å². The quantitative estimate of drug-likeness (QED) is 0.681. The average Bonchev–Trinajstić information content (AvgIpc) is 3.29. The molecule has 30 heavy (non-hydrogen) atoms. The van der Waals surface area contributed by atoms with Crippen LogP contribution in [-0.4, -0.2) is 41.4 Å². The van der Waals surface area contributed by atoms with E-state index in [-0.39, 0.29) is 28.9 Å². The first-order valence-corrected chi connectivity index (χ1v) is 10.4. The first-order valence-electron chi connectivity index (χ1n) is 10.4. The smallest absolute Gasteiger partial charge is 0.262 e. The highest BCUT2D eigenvalue weighted by molar-refractivity contribution is 5.56. The maximum Gasteiger partial charge on any atom is 0.262 e. The number of nitrogens with one attached hydrogen (secondary N) is 2. The van der Waals surface area contributed by atoms with Gasteiger partial charge in [-0.05, 0) is 37.5 Å². The number of piperidine rings is 1. The Labute approximate surface area is 174 Å². The van der Waals surface area contributed by atoms with Gasteiger partial charge in [0, 0.05) is 31.6 Å². The highest BCUT2D eigenvalue weighted by Gasteiger charge is 2.48. The number of nitrogens with two attached hydrogens (primary N) is 1. The number of anilines is 2. The minimum absolute atomic E-state index is 0.00773. The summed E-state index contributed by atoms with van der Waals surface area (Å²) >= 11 is 0. The fourth-order valence-corrected chi connectivity index (χ4v) is 5.02. The summed E-state index contributed by atoms with van der Waals surface area (Å²) < 4.78 is 21.1. The van der Waals surface area contributed by atoms with Gasteiger partial charge in [-0.15, -0.1) is 0 Å². The third-order valence-electron chi connectivity index (χ3n) is 7.00. The summed E-state index contributed by atoms with van der Waals surface area (Å²) in [5.41, 5.74) is 13.5. The predicted molar refractivity (Wildman–Crippen MR) is 112 cm³/mol. The van der Waals surface area contributed by atoms with Gasteiger partial charge in [-0.25, -0.2) is 9.82 Å². The molecule has 1 aromatic carbocycles. The van der Waals surface area contributed by atoms with E-state index < -0.39 is 6.04 Å². The number of ether oxygens (including phenoxy) is 1. The van der Waals surface area contributed by atoms with E-state index in [0.717, 1.165) is 25.9 Å². The van der Waals surface area contributed by atoms with Crippen molar-refractivity contribution in [3.63, 3.8) is 0 Å². The molecule has 0 saturated carbocycles. The molecule has 2 saturated heterocycles. The number of hydrogen-bond acceptors (Lipinski definition) is 7. The topological polar surface area (TPSA) is 97.4 Å². The van der Waals surface area contributed by atoms with E-state index in [0.29, 0.717) is 29.5 Å². The number of fused-ring (bicyclic) bond motifs is 1. The van der Waals surface area contributed by atoms with Crippen LogP contribution in [0.15, 0.2) is 29.1 Å². The lowest BCUT2D eigenvalue weighted by Crippen LogP contribution is -2.51. The molecule has 4 N–H and O–H groups in total. The van der Waals surface area contributed by atoms with E-state index >= 15 is 0 Å². The fraction of sp³-hybridized carbons (Fsp3) is 0.524. The number of hydrogen-bond donors (Lipinski definition) is 3. The summed E-state index contributed by atoms with van der Waals surface area (Å²) in [5.74, 6) is 0.787. The second-order valence-electron chi connectivity index (χ2n) is 8.69. The van der Waals surface area contributed by atoms with Crippen molar-refractivity contribution in [3.05, 3.63) is 51.6 Å². The summed E-state index contributed by atoms with van der Waals surface area (Å²) in [7, 11) is 1.74. The normalized spacial score (nSPS) is 27.3. The lowest BCUT2D eigenvalue weighted by Gasteiger charge is -2.41. The molecule has 0 radical (unpaired) electrons. The van der Waals surface area contributed by atoms with Gasteiger partial charge in [-0.3, -0.25) is 9.36 Å². The van der Waals surface area contributed by atoms with Gasteiger partial charge in [0.2, 0.25) is 5.95 Å². The van der Waals surface area contributed by atoms with Gasteiger partial charge in [0.05, 0.1) is 24.3 Å². The first-order chi connectivity index (χ1) is 14.4. The van der Waals surface area contributed by atoms with Gasteiger partial charge in [-0.1, -0.05) is 12.1 Å². The third-order valence-corrected chi connectivity index (χ3v) is 7.00. The van der Waals surface area contributed by atoms with Crippen molar-refractivity contribution in [1.82, 2.24) is 15.0 Å². The highest BCUT2D eigenvalue weighted by atomic mass is 19.1. The van der Waals surface area contributed by atoms with Gasteiger partial charge in [0.15, 0.2) is 5.82 Å². The zero-order valence-corrected chi connectivity index (χ0v) is 17.2. The molecule has 1 aromatic heterocycles. The minimum Gasteiger partial charge on any atom is -0.376 e. The van der Waals surface area contributed by atoms with E-state index in [1.165, 1.54) is 12.1 Å². The maximum absolute atomic E-state index is 13.7. The zero-order chi connectivity index (χ0) is 21.0. The Morgan fingerprint density at radius 3 is 2.77 bits per heavy atom. The molecule has 3 aliphatic heterocycles. The van der Waals surface area contributed by atoms with Crippen LogP contribution in [0.4, 0.5) is 16.2 Å². The molecule has 3 atom stereocenters. The van der Waals surface area contributed by atoms with Crippen molar-refractivity contribution in [2.24, 2.45) is 18.2 Å². The van der Waals surface area contributed by atoms with Crippen LogP contribution in [-0.2, 0) is 11.8 Å². The molecule has 0 aliphatic carbocycles. The Morgan fingerprint density at radius 1 is 1.33 bits per heavy atom. The van der Waals surface area contributed by atoms with Crippen molar-refractivity contribution in [2.45, 2.75) is 38.0 Å². The molecule has 0 amide bonds. The predicted octanol–water partition coefficient (Wildman–Crippen LogP) is 1.27. The zero-order valence-electron chi connectivity index (χ0n) is 17.2. The first kappa shape index (κ1) is 19.5. The lowest BCUT2D eigenvalue weighted by atomic mass is 9.73. The van der Waals surface area contributed by atoms with Crippen molar-refractivity contribution in [2.75, 3.05) is 30.0 Å². The molecule has 1 spiro atoms. The van der Waals surface area contributed by atoms with E-state index in [1.54, 1.807) is 23.7 Å². The Morgan fingerprint density at radius 2 is 2.10 bits per heavy atom. The third kappa shape index (κ3) is 2.91.